The second kappa shape index (κ2) is 12.0. The number of rotatable bonds is 10. The molecule has 0 saturated heterocycles. The average Bonchev–Trinajstić information content (AvgIpc) is 2.73. The lowest BCUT2D eigenvalue weighted by atomic mass is 10.1. The highest BCUT2D eigenvalue weighted by Gasteiger charge is 2.17. The number of carbonyl (C=O) groups is 2. The Bertz CT molecular complexity index is 1010. The van der Waals surface area contributed by atoms with Gasteiger partial charge in [0.25, 0.3) is 0 Å². The molecule has 0 saturated carbocycles. The Morgan fingerprint density at radius 3 is 1.23 bits per heavy atom. The monoisotopic (exact) mass is 498 g/mol. The first kappa shape index (κ1) is 28.1. The molecule has 0 spiro atoms. The fourth-order valence-corrected chi connectivity index (χ4v) is 4.54. The molecule has 0 amide bonds. The van der Waals surface area contributed by atoms with E-state index in [-0.39, 0.29) is 0 Å². The van der Waals surface area contributed by atoms with Crippen LogP contribution in [0.5, 0.6) is 11.5 Å². The Morgan fingerprint density at radius 1 is 0.686 bits per heavy atom. The van der Waals surface area contributed by atoms with Crippen LogP contribution in [0.15, 0.2) is 58.4 Å². The Labute approximate surface area is 212 Å². The van der Waals surface area contributed by atoms with Crippen molar-refractivity contribution in [2.45, 2.75) is 77.8 Å². The van der Waals surface area contributed by atoms with Crippen molar-refractivity contribution in [2.24, 2.45) is 0 Å². The Kier molecular flexibility index (Phi) is 9.60. The van der Waals surface area contributed by atoms with Crippen LogP contribution in [0, 0.1) is 27.7 Å². The summed E-state index contributed by atoms with van der Waals surface area (Å²) in [5.74, 6) is 0.402. The molecule has 0 N–H and O–H groups in total. The maximum Gasteiger partial charge on any atom is 0.336 e. The molecule has 2 aromatic rings. The first-order valence-electron chi connectivity index (χ1n) is 11.2. The van der Waals surface area contributed by atoms with Gasteiger partial charge in [0.05, 0.1) is 0 Å². The van der Waals surface area contributed by atoms with Gasteiger partial charge >= 0.3 is 11.9 Å². The molecule has 0 bridgehead atoms. The SMILES string of the molecule is C=C(C)C(=O)OC(C)Oc1c(C)cc(Sc2cc(C)c(OC(C)OC(=O)C(=C)C)c(C)c2)cc1C. The molecule has 0 aromatic heterocycles. The van der Waals surface area contributed by atoms with E-state index >= 15 is 0 Å². The number of ether oxygens (including phenoxy) is 4. The van der Waals surface area contributed by atoms with Crippen LogP contribution in [-0.4, -0.2) is 24.5 Å². The standard InChI is InChI=1S/C28H34O6S/c1-15(2)27(29)33-21(9)31-25-17(5)11-23(12-18(25)6)35-24-13-19(7)26(20(8)14-24)32-22(10)34-28(30)16(3)4/h11-14,21-22H,1,3H2,2,4-10H3. The molecule has 35 heavy (non-hydrogen) atoms. The summed E-state index contributed by atoms with van der Waals surface area (Å²) in [4.78, 5) is 25.6. The molecule has 0 aliphatic heterocycles. The molecule has 0 radical (unpaired) electrons. The zero-order chi connectivity index (χ0) is 26.4. The summed E-state index contributed by atoms with van der Waals surface area (Å²) < 4.78 is 22.2. The highest BCUT2D eigenvalue weighted by Crippen LogP contribution is 2.37. The molecule has 188 valence electrons. The van der Waals surface area contributed by atoms with Crippen molar-refractivity contribution in [1.29, 1.82) is 0 Å². The van der Waals surface area contributed by atoms with Crippen molar-refractivity contribution in [1.82, 2.24) is 0 Å². The molecule has 0 fully saturated rings. The summed E-state index contributed by atoms with van der Waals surface area (Å²) in [7, 11) is 0. The van der Waals surface area contributed by atoms with Gasteiger partial charge < -0.3 is 18.9 Å². The predicted octanol–water partition coefficient (Wildman–Crippen LogP) is 6.76. The van der Waals surface area contributed by atoms with Gasteiger partial charge in [0, 0.05) is 34.8 Å². The minimum atomic E-state index is -0.731. The van der Waals surface area contributed by atoms with Gasteiger partial charge in [0.1, 0.15) is 11.5 Å². The molecule has 0 aliphatic carbocycles. The van der Waals surface area contributed by atoms with Crippen LogP contribution < -0.4 is 9.47 Å². The Morgan fingerprint density at radius 2 is 0.971 bits per heavy atom. The van der Waals surface area contributed by atoms with Gasteiger partial charge in [0.15, 0.2) is 0 Å². The van der Waals surface area contributed by atoms with Crippen molar-refractivity contribution in [2.75, 3.05) is 0 Å². The van der Waals surface area contributed by atoms with Crippen LogP contribution in [0.3, 0.4) is 0 Å². The normalized spacial score (nSPS) is 12.3. The summed E-state index contributed by atoms with van der Waals surface area (Å²) in [6.07, 6.45) is -1.46. The van der Waals surface area contributed by atoms with Gasteiger partial charge in [-0.3, -0.25) is 0 Å². The Hall–Kier alpha value is -3.19. The van der Waals surface area contributed by atoms with Crippen LogP contribution in [0.1, 0.15) is 49.9 Å². The van der Waals surface area contributed by atoms with Gasteiger partial charge in [-0.15, -0.1) is 0 Å². The van der Waals surface area contributed by atoms with E-state index in [1.165, 1.54) is 0 Å². The molecule has 2 unspecified atom stereocenters. The second-order valence-corrected chi connectivity index (χ2v) is 9.76. The largest absolute Gasteiger partial charge is 0.455 e. The number of esters is 2. The second-order valence-electron chi connectivity index (χ2n) is 8.62. The molecular formula is C28H34O6S. The summed E-state index contributed by atoms with van der Waals surface area (Å²) in [5.41, 5.74) is 4.40. The van der Waals surface area contributed by atoms with Crippen LogP contribution in [0.2, 0.25) is 0 Å². The van der Waals surface area contributed by atoms with Crippen molar-refractivity contribution in [3.05, 3.63) is 70.8 Å². The maximum atomic E-state index is 11.7. The summed E-state index contributed by atoms with van der Waals surface area (Å²) >= 11 is 1.62. The van der Waals surface area contributed by atoms with E-state index < -0.39 is 24.5 Å². The lowest BCUT2D eigenvalue weighted by Gasteiger charge is -2.20. The van der Waals surface area contributed by atoms with Gasteiger partial charge in [-0.05, 0) is 88.1 Å². The van der Waals surface area contributed by atoms with Crippen molar-refractivity contribution >= 4 is 23.7 Å². The number of carbonyl (C=O) groups excluding carboxylic acids is 2. The van der Waals surface area contributed by atoms with E-state index in [0.717, 1.165) is 32.0 Å². The van der Waals surface area contributed by atoms with Gasteiger partial charge in [-0.1, -0.05) is 24.9 Å². The lowest BCUT2D eigenvalue weighted by Crippen LogP contribution is -2.22. The number of hydrogen-bond acceptors (Lipinski definition) is 7. The fourth-order valence-electron chi connectivity index (χ4n) is 3.33. The lowest BCUT2D eigenvalue weighted by molar-refractivity contribution is -0.157. The molecule has 2 atom stereocenters. The molecule has 2 aromatic carbocycles. The molecule has 7 heteroatoms. The summed E-state index contributed by atoms with van der Waals surface area (Å²) in [6, 6.07) is 8.14. The third-order valence-electron chi connectivity index (χ3n) is 4.91. The third kappa shape index (κ3) is 7.92. The van der Waals surface area contributed by atoms with E-state index in [0.29, 0.717) is 22.6 Å². The van der Waals surface area contributed by atoms with E-state index in [9.17, 15) is 9.59 Å². The van der Waals surface area contributed by atoms with Crippen LogP contribution in [0.4, 0.5) is 0 Å². The molecule has 6 nitrogen and oxygen atoms in total. The first-order valence-corrected chi connectivity index (χ1v) is 12.1. The van der Waals surface area contributed by atoms with E-state index in [1.807, 2.05) is 52.0 Å². The molecular weight excluding hydrogens is 464 g/mol. The summed E-state index contributed by atoms with van der Waals surface area (Å²) in [6.45, 7) is 21.6. The average molecular weight is 499 g/mol. The molecule has 0 aliphatic rings. The van der Waals surface area contributed by atoms with Crippen LogP contribution in [0.25, 0.3) is 0 Å². The fraction of sp³-hybridized carbons (Fsp3) is 0.357. The number of aryl methyl sites for hydroxylation is 4. The van der Waals surface area contributed by atoms with E-state index in [4.69, 9.17) is 18.9 Å². The van der Waals surface area contributed by atoms with Crippen molar-refractivity contribution < 1.29 is 28.5 Å². The maximum absolute atomic E-state index is 11.7. The van der Waals surface area contributed by atoms with E-state index in [2.05, 4.69) is 13.2 Å². The third-order valence-corrected chi connectivity index (χ3v) is 5.86. The highest BCUT2D eigenvalue weighted by molar-refractivity contribution is 7.99. The zero-order valence-electron chi connectivity index (χ0n) is 21.7. The van der Waals surface area contributed by atoms with Crippen molar-refractivity contribution in [3.8, 4) is 11.5 Å². The minimum Gasteiger partial charge on any atom is -0.455 e. The first-order chi connectivity index (χ1) is 16.3. The highest BCUT2D eigenvalue weighted by atomic mass is 32.2. The molecule has 0 heterocycles. The summed E-state index contributed by atoms with van der Waals surface area (Å²) in [5, 5.41) is 0. The zero-order valence-corrected chi connectivity index (χ0v) is 22.6. The number of benzene rings is 2. The molecule has 2 rings (SSSR count). The Balaban J connectivity index is 2.15. The minimum absolute atomic E-state index is 0.324. The topological polar surface area (TPSA) is 71.1 Å². The van der Waals surface area contributed by atoms with Gasteiger partial charge in [-0.25, -0.2) is 9.59 Å². The van der Waals surface area contributed by atoms with Crippen LogP contribution in [-0.2, 0) is 19.1 Å². The number of hydrogen-bond donors (Lipinski definition) is 0. The van der Waals surface area contributed by atoms with Crippen molar-refractivity contribution in [3.63, 3.8) is 0 Å². The predicted molar refractivity (Wildman–Crippen MR) is 138 cm³/mol. The van der Waals surface area contributed by atoms with E-state index in [1.54, 1.807) is 39.5 Å². The van der Waals surface area contributed by atoms with Crippen LogP contribution >= 0.6 is 11.8 Å². The van der Waals surface area contributed by atoms with Gasteiger partial charge in [-0.2, -0.15) is 0 Å². The smallest absolute Gasteiger partial charge is 0.336 e. The van der Waals surface area contributed by atoms with Gasteiger partial charge in [0.2, 0.25) is 12.6 Å². The quantitative estimate of drug-likeness (QED) is 0.204.